The van der Waals surface area contributed by atoms with Crippen LogP contribution in [0.25, 0.3) is 16.6 Å². The molecule has 0 radical (unpaired) electrons. The summed E-state index contributed by atoms with van der Waals surface area (Å²) in [6, 6.07) is 7.58. The predicted molar refractivity (Wildman–Crippen MR) is 63.6 cm³/mol. The molecule has 5 nitrogen and oxygen atoms in total. The van der Waals surface area contributed by atoms with Crippen molar-refractivity contribution < 1.29 is 0 Å². The molecule has 1 aromatic heterocycles. The maximum Gasteiger partial charge on any atom is 0.0923 e. The number of nitrogens with two attached hydrogens (primary N) is 1. The summed E-state index contributed by atoms with van der Waals surface area (Å²) < 4.78 is 0. The van der Waals surface area contributed by atoms with Crippen LogP contribution in [-0.2, 0) is 0 Å². The maximum absolute atomic E-state index is 7.25. The number of aromatic nitrogens is 2. The largest absolute Gasteiger partial charge is 0.331 e. The number of fused-ring (bicyclic) bond motifs is 1. The Hall–Kier alpha value is -2.27. The van der Waals surface area contributed by atoms with Gasteiger partial charge in [0.2, 0.25) is 0 Å². The summed E-state index contributed by atoms with van der Waals surface area (Å²) in [5, 5.41) is 7.25. The van der Waals surface area contributed by atoms with Crippen LogP contribution in [0, 0.1) is 5.41 Å². The minimum absolute atomic E-state index is 0.584. The quantitative estimate of drug-likeness (QED) is 0.404. The zero-order chi connectivity index (χ0) is 11.4. The van der Waals surface area contributed by atoms with Crippen LogP contribution in [0.4, 0.5) is 0 Å². The van der Waals surface area contributed by atoms with E-state index in [-0.39, 0.29) is 0 Å². The molecule has 2 rings (SSSR count). The number of benzene rings is 1. The minimum Gasteiger partial charge on any atom is -0.331 e. The summed E-state index contributed by atoms with van der Waals surface area (Å²) in [5.74, 6) is 5.18. The topological polar surface area (TPSA) is 87.7 Å². The van der Waals surface area contributed by atoms with Gasteiger partial charge in [-0.25, -0.2) is 4.98 Å². The van der Waals surface area contributed by atoms with Crippen molar-refractivity contribution >= 4 is 22.8 Å². The molecule has 1 aromatic carbocycles. The molecule has 0 aliphatic heterocycles. The van der Waals surface area contributed by atoms with Crippen LogP contribution in [0.15, 0.2) is 36.7 Å². The molecule has 0 amide bonds. The summed E-state index contributed by atoms with van der Waals surface area (Å²) in [5.41, 5.74) is 5.21. The van der Waals surface area contributed by atoms with Gasteiger partial charge in [0.1, 0.15) is 0 Å². The second-order valence-electron chi connectivity index (χ2n) is 3.15. The molecule has 0 saturated carbocycles. The molecular formula is C11H11N5. The van der Waals surface area contributed by atoms with Crippen LogP contribution in [0.2, 0.25) is 0 Å². The lowest BCUT2D eigenvalue weighted by molar-refractivity contribution is 0.970. The molecule has 0 aliphatic carbocycles. The second kappa shape index (κ2) is 4.50. The van der Waals surface area contributed by atoms with Gasteiger partial charge >= 0.3 is 0 Å². The molecule has 1 heterocycles. The summed E-state index contributed by atoms with van der Waals surface area (Å²) >= 11 is 0. The van der Waals surface area contributed by atoms with E-state index >= 15 is 0 Å². The molecule has 0 unspecified atom stereocenters. The van der Waals surface area contributed by atoms with Crippen molar-refractivity contribution in [1.82, 2.24) is 15.4 Å². The summed E-state index contributed by atoms with van der Waals surface area (Å²) in [6.45, 7) is 0. The fourth-order valence-corrected chi connectivity index (χ4v) is 1.38. The predicted octanol–water partition coefficient (Wildman–Crippen LogP) is 1.08. The number of hydrazine groups is 1. The summed E-state index contributed by atoms with van der Waals surface area (Å²) in [6.07, 6.45) is 4.31. The number of rotatable bonds is 3. The molecule has 5 heteroatoms. The highest BCUT2D eigenvalue weighted by molar-refractivity contribution is 6.07. The van der Waals surface area contributed by atoms with Crippen LogP contribution in [0.5, 0.6) is 0 Å². The Morgan fingerprint density at radius 1 is 1.31 bits per heavy atom. The fraction of sp³-hybridized carbons (Fsp3) is 0. The Labute approximate surface area is 92.5 Å². The first-order valence-corrected chi connectivity index (χ1v) is 4.74. The molecule has 4 N–H and O–H groups in total. The number of nitrogens with zero attached hydrogens (tertiary/aromatic N) is 2. The average Bonchev–Trinajstić information content (AvgIpc) is 2.35. The van der Waals surface area contributed by atoms with Crippen molar-refractivity contribution in [3.05, 3.63) is 42.4 Å². The Balaban J connectivity index is 2.54. The van der Waals surface area contributed by atoms with Gasteiger partial charge in [0.15, 0.2) is 0 Å². The number of para-hydroxylation sites is 2. The van der Waals surface area contributed by atoms with E-state index in [1.807, 2.05) is 24.3 Å². The van der Waals surface area contributed by atoms with Gasteiger partial charge in [0.25, 0.3) is 0 Å². The third kappa shape index (κ3) is 1.89. The molecule has 2 aromatic rings. The van der Waals surface area contributed by atoms with Gasteiger partial charge in [0.05, 0.1) is 22.9 Å². The smallest absolute Gasteiger partial charge is 0.0923 e. The lowest BCUT2D eigenvalue weighted by atomic mass is 10.2. The zero-order valence-electron chi connectivity index (χ0n) is 8.51. The minimum atomic E-state index is 0.584. The Morgan fingerprint density at radius 3 is 2.75 bits per heavy atom. The Bertz CT molecular complexity index is 547. The maximum atomic E-state index is 7.25. The first-order valence-electron chi connectivity index (χ1n) is 4.74. The first-order chi connectivity index (χ1) is 7.85. The molecule has 80 valence electrons. The molecule has 0 saturated heterocycles. The van der Waals surface area contributed by atoms with Gasteiger partial charge in [-0.2, -0.15) is 0 Å². The molecular weight excluding hydrogens is 202 g/mol. The molecule has 16 heavy (non-hydrogen) atoms. The normalized spacial score (nSPS) is 11.4. The second-order valence-corrected chi connectivity index (χ2v) is 3.15. The van der Waals surface area contributed by atoms with Gasteiger partial charge in [0, 0.05) is 18.0 Å². The summed E-state index contributed by atoms with van der Waals surface area (Å²) in [4.78, 5) is 8.64. The molecule has 0 atom stereocenters. The van der Waals surface area contributed by atoms with E-state index in [0.717, 1.165) is 11.0 Å². The van der Waals surface area contributed by atoms with Crippen LogP contribution in [-0.4, -0.2) is 16.2 Å². The number of nitrogens with one attached hydrogen (secondary N) is 2. The van der Waals surface area contributed by atoms with Gasteiger partial charge in [-0.15, -0.1) is 0 Å². The molecule has 0 bridgehead atoms. The Morgan fingerprint density at radius 2 is 2.06 bits per heavy atom. The van der Waals surface area contributed by atoms with Crippen molar-refractivity contribution in [3.8, 4) is 0 Å². The van der Waals surface area contributed by atoms with Gasteiger partial charge in [-0.1, -0.05) is 12.1 Å². The highest BCUT2D eigenvalue weighted by atomic mass is 15.2. The van der Waals surface area contributed by atoms with E-state index in [1.54, 1.807) is 6.20 Å². The first kappa shape index (κ1) is 10.3. The summed E-state index contributed by atoms with van der Waals surface area (Å²) in [7, 11) is 0. The monoisotopic (exact) mass is 213 g/mol. The van der Waals surface area contributed by atoms with E-state index in [2.05, 4.69) is 15.4 Å². The van der Waals surface area contributed by atoms with E-state index < -0.39 is 0 Å². The number of hydrogen-bond acceptors (Lipinski definition) is 5. The zero-order valence-corrected chi connectivity index (χ0v) is 8.51. The van der Waals surface area contributed by atoms with Crippen molar-refractivity contribution in [1.29, 1.82) is 5.41 Å². The van der Waals surface area contributed by atoms with Crippen LogP contribution in [0.1, 0.15) is 5.69 Å². The van der Waals surface area contributed by atoms with Gasteiger partial charge in [-0.05, 0) is 12.1 Å². The van der Waals surface area contributed by atoms with Gasteiger partial charge < -0.3 is 10.8 Å². The lowest BCUT2D eigenvalue weighted by Gasteiger charge is -2.02. The molecule has 0 fully saturated rings. The van der Waals surface area contributed by atoms with Crippen LogP contribution < -0.4 is 11.3 Å². The SMILES string of the molecule is N=C/C(=C\NN)c1cnc2ccccc2n1. The third-order valence-electron chi connectivity index (χ3n) is 2.14. The van der Waals surface area contributed by atoms with Crippen LogP contribution in [0.3, 0.4) is 0 Å². The average molecular weight is 213 g/mol. The van der Waals surface area contributed by atoms with E-state index in [4.69, 9.17) is 11.3 Å². The molecule has 0 spiro atoms. The van der Waals surface area contributed by atoms with Crippen molar-refractivity contribution in [2.45, 2.75) is 0 Å². The standard InChI is InChI=1S/C11H11N5/c12-5-8(6-15-13)11-7-14-9-3-1-2-4-10(9)16-11/h1-7,12,15H,13H2/b8-6+,12-5?. The highest BCUT2D eigenvalue weighted by Crippen LogP contribution is 2.12. The number of allylic oxidation sites excluding steroid dienone is 1. The highest BCUT2D eigenvalue weighted by Gasteiger charge is 2.02. The van der Waals surface area contributed by atoms with Gasteiger partial charge in [-0.3, -0.25) is 10.8 Å². The fourth-order valence-electron chi connectivity index (χ4n) is 1.38. The van der Waals surface area contributed by atoms with E-state index in [9.17, 15) is 0 Å². The lowest BCUT2D eigenvalue weighted by Crippen LogP contribution is -2.14. The third-order valence-corrected chi connectivity index (χ3v) is 2.14. The van der Waals surface area contributed by atoms with E-state index in [1.165, 1.54) is 12.4 Å². The van der Waals surface area contributed by atoms with Crippen molar-refractivity contribution in [2.24, 2.45) is 5.84 Å². The number of hydrogen-bond donors (Lipinski definition) is 3. The van der Waals surface area contributed by atoms with Crippen molar-refractivity contribution in [2.75, 3.05) is 0 Å². The Kier molecular flexibility index (Phi) is 2.88. The van der Waals surface area contributed by atoms with Crippen LogP contribution >= 0.6 is 0 Å². The van der Waals surface area contributed by atoms with E-state index in [0.29, 0.717) is 11.3 Å². The van der Waals surface area contributed by atoms with Crippen molar-refractivity contribution in [3.63, 3.8) is 0 Å². The molecule has 0 aliphatic rings.